The lowest BCUT2D eigenvalue weighted by Gasteiger charge is -2.14. The topological polar surface area (TPSA) is 54.0 Å². The van der Waals surface area contributed by atoms with Crippen molar-refractivity contribution >= 4 is 22.4 Å². The maximum absolute atomic E-state index is 12.3. The van der Waals surface area contributed by atoms with Crippen LogP contribution < -0.4 is 10.6 Å². The summed E-state index contributed by atoms with van der Waals surface area (Å²) in [5.41, 5.74) is 2.48. The van der Waals surface area contributed by atoms with Crippen molar-refractivity contribution in [2.45, 2.75) is 19.9 Å². The zero-order valence-electron chi connectivity index (χ0n) is 11.2. The van der Waals surface area contributed by atoms with Gasteiger partial charge < -0.3 is 10.6 Å². The van der Waals surface area contributed by atoms with Gasteiger partial charge in [-0.2, -0.15) is 4.37 Å². The minimum atomic E-state index is -0.0908. The summed E-state index contributed by atoms with van der Waals surface area (Å²) in [4.78, 5) is 12.3. The molecule has 1 aromatic carbocycles. The summed E-state index contributed by atoms with van der Waals surface area (Å²) in [5.74, 6) is -0.0908. The largest absolute Gasteiger partial charge is 0.378 e. The van der Waals surface area contributed by atoms with Crippen molar-refractivity contribution in [1.29, 1.82) is 0 Å². The van der Waals surface area contributed by atoms with E-state index in [0.29, 0.717) is 5.56 Å². The van der Waals surface area contributed by atoms with Gasteiger partial charge in [0.1, 0.15) is 5.00 Å². The number of hydrogen-bond acceptors (Lipinski definition) is 4. The fraction of sp³-hybridized carbons (Fsp3) is 0.286. The molecule has 0 bridgehead atoms. The molecule has 0 aliphatic rings. The van der Waals surface area contributed by atoms with Crippen molar-refractivity contribution in [2.24, 2.45) is 0 Å². The summed E-state index contributed by atoms with van der Waals surface area (Å²) < 4.78 is 4.21. The highest BCUT2D eigenvalue weighted by Gasteiger charge is 2.19. The number of amides is 1. The number of rotatable bonds is 4. The third-order valence-electron chi connectivity index (χ3n) is 2.96. The Hall–Kier alpha value is -1.88. The average molecular weight is 275 g/mol. The monoisotopic (exact) mass is 275 g/mol. The number of aromatic nitrogens is 1. The first kappa shape index (κ1) is 13.5. The zero-order chi connectivity index (χ0) is 13.8. The number of hydrogen-bond donors (Lipinski definition) is 2. The predicted molar refractivity (Wildman–Crippen MR) is 78.7 cm³/mol. The number of nitrogens with one attached hydrogen (secondary N) is 2. The molecule has 0 unspecified atom stereocenters. The molecule has 1 heterocycles. The van der Waals surface area contributed by atoms with Crippen molar-refractivity contribution in [1.82, 2.24) is 9.69 Å². The van der Waals surface area contributed by atoms with E-state index in [1.54, 1.807) is 7.05 Å². The van der Waals surface area contributed by atoms with Gasteiger partial charge in [0.15, 0.2) is 0 Å². The standard InChI is InChI=1S/C14H17N3OS/c1-9(11-7-5-4-6-8-11)16-13(18)12-10(2)17-19-14(12)15-3/h4-9,15H,1-3H3,(H,16,18)/t9-/m1/s1. The molecule has 5 heteroatoms. The van der Waals surface area contributed by atoms with E-state index in [0.717, 1.165) is 16.3 Å². The van der Waals surface area contributed by atoms with Gasteiger partial charge in [-0.3, -0.25) is 4.79 Å². The molecule has 0 spiro atoms. The number of benzene rings is 1. The molecule has 2 rings (SSSR count). The molecule has 4 nitrogen and oxygen atoms in total. The fourth-order valence-electron chi connectivity index (χ4n) is 1.90. The molecule has 1 aromatic heterocycles. The summed E-state index contributed by atoms with van der Waals surface area (Å²) >= 11 is 1.31. The van der Waals surface area contributed by atoms with E-state index in [2.05, 4.69) is 15.0 Å². The van der Waals surface area contributed by atoms with Crippen LogP contribution in [0.25, 0.3) is 0 Å². The molecule has 1 amide bonds. The lowest BCUT2D eigenvalue weighted by atomic mass is 10.1. The molecule has 100 valence electrons. The lowest BCUT2D eigenvalue weighted by molar-refractivity contribution is 0.0940. The number of carbonyl (C=O) groups is 1. The van der Waals surface area contributed by atoms with Crippen molar-refractivity contribution < 1.29 is 4.79 Å². The highest BCUT2D eigenvalue weighted by molar-refractivity contribution is 7.10. The third kappa shape index (κ3) is 2.93. The highest BCUT2D eigenvalue weighted by atomic mass is 32.1. The molecule has 0 saturated heterocycles. The van der Waals surface area contributed by atoms with Crippen LogP contribution in [0.3, 0.4) is 0 Å². The highest BCUT2D eigenvalue weighted by Crippen LogP contribution is 2.24. The van der Waals surface area contributed by atoms with Gasteiger partial charge in [-0.25, -0.2) is 0 Å². The van der Waals surface area contributed by atoms with Crippen molar-refractivity contribution in [3.8, 4) is 0 Å². The summed E-state index contributed by atoms with van der Waals surface area (Å²) in [6, 6.07) is 9.87. The number of carbonyl (C=O) groups excluding carboxylic acids is 1. The van der Waals surface area contributed by atoms with Gasteiger partial charge in [0.2, 0.25) is 0 Å². The van der Waals surface area contributed by atoms with Gasteiger partial charge in [0, 0.05) is 7.05 Å². The van der Waals surface area contributed by atoms with Crippen LogP contribution in [-0.2, 0) is 0 Å². The van der Waals surface area contributed by atoms with Crippen LogP contribution in [0.15, 0.2) is 30.3 Å². The number of aryl methyl sites for hydroxylation is 1. The summed E-state index contributed by atoms with van der Waals surface area (Å²) in [6.07, 6.45) is 0. The minimum Gasteiger partial charge on any atom is -0.378 e. The number of anilines is 1. The van der Waals surface area contributed by atoms with E-state index in [4.69, 9.17) is 0 Å². The first-order valence-corrected chi connectivity index (χ1v) is 6.90. The van der Waals surface area contributed by atoms with Gasteiger partial charge in [0.25, 0.3) is 5.91 Å². The Bertz CT molecular complexity index is 565. The van der Waals surface area contributed by atoms with Gasteiger partial charge in [-0.15, -0.1) is 0 Å². The molecule has 2 aromatic rings. The Kier molecular flexibility index (Phi) is 4.16. The van der Waals surface area contributed by atoms with Gasteiger partial charge in [-0.05, 0) is 30.9 Å². The van der Waals surface area contributed by atoms with Crippen molar-refractivity contribution in [3.05, 3.63) is 47.2 Å². The summed E-state index contributed by atoms with van der Waals surface area (Å²) in [7, 11) is 1.80. The molecular weight excluding hydrogens is 258 g/mol. The molecule has 19 heavy (non-hydrogen) atoms. The second-order valence-corrected chi connectivity index (χ2v) is 5.10. The third-order valence-corrected chi connectivity index (χ3v) is 3.92. The Balaban J connectivity index is 2.15. The first-order valence-electron chi connectivity index (χ1n) is 6.13. The molecule has 0 fully saturated rings. The Morgan fingerprint density at radius 1 is 1.32 bits per heavy atom. The van der Waals surface area contributed by atoms with E-state index < -0.39 is 0 Å². The van der Waals surface area contributed by atoms with Gasteiger partial charge in [-0.1, -0.05) is 30.3 Å². The second kappa shape index (κ2) is 5.84. The van der Waals surface area contributed by atoms with E-state index in [9.17, 15) is 4.79 Å². The van der Waals surface area contributed by atoms with Crippen LogP contribution in [0.2, 0.25) is 0 Å². The Morgan fingerprint density at radius 2 is 2.00 bits per heavy atom. The molecular formula is C14H17N3OS. The predicted octanol–water partition coefficient (Wildman–Crippen LogP) is 2.98. The average Bonchev–Trinajstić information content (AvgIpc) is 2.80. The first-order chi connectivity index (χ1) is 9.13. The fourth-order valence-corrected chi connectivity index (χ4v) is 2.64. The maximum atomic E-state index is 12.3. The SMILES string of the molecule is CNc1snc(C)c1C(=O)N[C@H](C)c1ccccc1. The molecule has 0 radical (unpaired) electrons. The molecule has 2 N–H and O–H groups in total. The lowest BCUT2D eigenvalue weighted by Crippen LogP contribution is -2.27. The van der Waals surface area contributed by atoms with Gasteiger partial charge in [0.05, 0.1) is 17.3 Å². The van der Waals surface area contributed by atoms with Crippen LogP contribution in [-0.4, -0.2) is 17.3 Å². The Morgan fingerprint density at radius 3 is 2.63 bits per heavy atom. The van der Waals surface area contributed by atoms with Crippen LogP contribution in [0, 0.1) is 6.92 Å². The zero-order valence-corrected chi connectivity index (χ0v) is 12.0. The molecule has 1 atom stereocenters. The van der Waals surface area contributed by atoms with Crippen molar-refractivity contribution in [3.63, 3.8) is 0 Å². The van der Waals surface area contributed by atoms with E-state index >= 15 is 0 Å². The summed E-state index contributed by atoms with van der Waals surface area (Å²) in [6.45, 7) is 3.82. The van der Waals surface area contributed by atoms with Crippen LogP contribution in [0.5, 0.6) is 0 Å². The van der Waals surface area contributed by atoms with E-state index in [-0.39, 0.29) is 11.9 Å². The minimum absolute atomic E-state index is 0.0299. The Labute approximate surface area is 117 Å². The molecule has 0 aliphatic heterocycles. The maximum Gasteiger partial charge on any atom is 0.256 e. The van der Waals surface area contributed by atoms with Crippen molar-refractivity contribution in [2.75, 3.05) is 12.4 Å². The second-order valence-electron chi connectivity index (χ2n) is 4.33. The normalized spacial score (nSPS) is 11.9. The number of nitrogens with zero attached hydrogens (tertiary/aromatic N) is 1. The molecule has 0 aliphatic carbocycles. The quantitative estimate of drug-likeness (QED) is 0.902. The van der Waals surface area contributed by atoms with E-state index in [1.807, 2.05) is 44.2 Å². The van der Waals surface area contributed by atoms with Crippen LogP contribution >= 0.6 is 11.5 Å². The van der Waals surface area contributed by atoms with Crippen LogP contribution in [0.4, 0.5) is 5.00 Å². The molecule has 0 saturated carbocycles. The smallest absolute Gasteiger partial charge is 0.256 e. The van der Waals surface area contributed by atoms with E-state index in [1.165, 1.54) is 11.5 Å². The van der Waals surface area contributed by atoms with Gasteiger partial charge >= 0.3 is 0 Å². The van der Waals surface area contributed by atoms with Crippen LogP contribution in [0.1, 0.15) is 34.6 Å². The summed E-state index contributed by atoms with van der Waals surface area (Å²) in [5, 5.41) is 6.81.